The van der Waals surface area contributed by atoms with E-state index in [1.54, 1.807) is 27.5 Å². The lowest BCUT2D eigenvalue weighted by atomic mass is 10.1. The van der Waals surface area contributed by atoms with Crippen molar-refractivity contribution >= 4 is 10.8 Å². The van der Waals surface area contributed by atoms with E-state index in [2.05, 4.69) is 16.8 Å². The third-order valence-electron chi connectivity index (χ3n) is 5.54. The highest BCUT2D eigenvalue weighted by Crippen LogP contribution is 2.42. The zero-order chi connectivity index (χ0) is 24.2. The molecule has 0 aliphatic carbocycles. The average molecular weight is 463 g/mol. The summed E-state index contributed by atoms with van der Waals surface area (Å²) in [5, 5.41) is 1.98. The van der Waals surface area contributed by atoms with E-state index >= 15 is 0 Å². The van der Waals surface area contributed by atoms with Gasteiger partial charge in [-0.2, -0.15) is 0 Å². The number of methoxy groups -OCH3 is 3. The minimum Gasteiger partial charge on any atom is -0.493 e. The highest BCUT2D eigenvalue weighted by Gasteiger charge is 2.21. The van der Waals surface area contributed by atoms with Crippen LogP contribution in [0.2, 0.25) is 0 Å². The Hall–Kier alpha value is -4.76. The van der Waals surface area contributed by atoms with Gasteiger partial charge in [0, 0.05) is 22.7 Å². The first-order chi connectivity index (χ1) is 17.2. The summed E-state index contributed by atoms with van der Waals surface area (Å²) >= 11 is 0. The molecule has 0 fully saturated rings. The molecule has 0 N–H and O–H groups in total. The number of ether oxygens (including phenoxy) is 3. The van der Waals surface area contributed by atoms with Crippen LogP contribution in [0.25, 0.3) is 33.6 Å². The number of hydrogen-bond donors (Lipinski definition) is 0. The second kappa shape index (κ2) is 9.62. The number of hydrogen-bond acceptors (Lipinski definition) is 6. The first kappa shape index (κ1) is 22.1. The summed E-state index contributed by atoms with van der Waals surface area (Å²) in [5.41, 5.74) is 2.78. The molecule has 6 heteroatoms. The van der Waals surface area contributed by atoms with E-state index in [4.69, 9.17) is 23.6 Å². The van der Waals surface area contributed by atoms with Crippen molar-refractivity contribution in [2.45, 2.75) is 0 Å². The van der Waals surface area contributed by atoms with E-state index in [0.717, 1.165) is 16.3 Å². The maximum absolute atomic E-state index is 6.23. The van der Waals surface area contributed by atoms with Crippen LogP contribution in [0.15, 0.2) is 83.4 Å². The molecule has 0 saturated carbocycles. The van der Waals surface area contributed by atoms with Crippen LogP contribution in [0.4, 0.5) is 0 Å². The Bertz CT molecular complexity index is 1530. The van der Waals surface area contributed by atoms with E-state index in [9.17, 15) is 0 Å². The van der Waals surface area contributed by atoms with Crippen LogP contribution in [0.5, 0.6) is 17.2 Å². The molecule has 2 heterocycles. The predicted molar refractivity (Wildman–Crippen MR) is 135 cm³/mol. The summed E-state index contributed by atoms with van der Waals surface area (Å²) in [6.07, 6.45) is 1.75. The summed E-state index contributed by atoms with van der Waals surface area (Å²) in [6.45, 7) is 0. The van der Waals surface area contributed by atoms with Crippen LogP contribution in [0, 0.1) is 11.8 Å². The molecule has 5 aromatic rings. The average Bonchev–Trinajstić information content (AvgIpc) is 3.35. The van der Waals surface area contributed by atoms with Crippen LogP contribution in [0.1, 0.15) is 11.3 Å². The van der Waals surface area contributed by atoms with E-state index in [0.29, 0.717) is 45.9 Å². The first-order valence-electron chi connectivity index (χ1n) is 10.9. The molecule has 0 unspecified atom stereocenters. The van der Waals surface area contributed by atoms with E-state index in [-0.39, 0.29) is 0 Å². The molecule has 35 heavy (non-hydrogen) atoms. The highest BCUT2D eigenvalue weighted by molar-refractivity contribution is 5.93. The van der Waals surface area contributed by atoms with Crippen LogP contribution in [-0.2, 0) is 0 Å². The van der Waals surface area contributed by atoms with Crippen LogP contribution in [0.3, 0.4) is 0 Å². The van der Waals surface area contributed by atoms with Gasteiger partial charge in [0.05, 0.1) is 21.3 Å². The first-order valence-corrected chi connectivity index (χ1v) is 10.9. The molecule has 0 atom stereocenters. The molecule has 6 nitrogen and oxygen atoms in total. The molecule has 0 saturated heterocycles. The number of oxazole rings is 1. The minimum absolute atomic E-state index is 0.378. The van der Waals surface area contributed by atoms with Crippen LogP contribution >= 0.6 is 0 Å². The Balaban J connectivity index is 1.72. The number of fused-ring (bicyclic) bond motifs is 1. The smallest absolute Gasteiger partial charge is 0.247 e. The van der Waals surface area contributed by atoms with E-state index in [1.807, 2.05) is 72.8 Å². The molecule has 0 spiro atoms. The Labute approximate surface area is 203 Å². The third-order valence-corrected chi connectivity index (χ3v) is 5.54. The summed E-state index contributed by atoms with van der Waals surface area (Å²) < 4.78 is 22.8. The van der Waals surface area contributed by atoms with Crippen molar-refractivity contribution in [3.8, 4) is 51.9 Å². The quantitative estimate of drug-likeness (QED) is 0.299. The SMILES string of the molecule is COc1cc(-c2nc(-c3nccc4ccccc34)oc2C#Cc2ccccc2)cc(OC)c1OC. The standard InChI is InChI=1S/C29H22N2O4/c1-32-24-17-21(18-25(33-2)28(24)34-3)26-23(14-13-19-9-5-4-6-10-19)35-29(31-26)27-22-12-8-7-11-20(22)15-16-30-27/h4-12,15-18H,1-3H3. The third kappa shape index (κ3) is 4.28. The molecule has 0 aliphatic heterocycles. The second-order valence-electron chi connectivity index (χ2n) is 7.61. The Morgan fingerprint density at radius 1 is 0.743 bits per heavy atom. The van der Waals surface area contributed by atoms with Gasteiger partial charge in [-0.3, -0.25) is 4.98 Å². The normalized spacial score (nSPS) is 10.5. The van der Waals surface area contributed by atoms with Gasteiger partial charge in [0.2, 0.25) is 17.4 Å². The van der Waals surface area contributed by atoms with Gasteiger partial charge >= 0.3 is 0 Å². The number of benzene rings is 3. The van der Waals surface area contributed by atoms with Crippen molar-refractivity contribution in [2.24, 2.45) is 0 Å². The van der Waals surface area contributed by atoms with Gasteiger partial charge in [-0.15, -0.1) is 0 Å². The van der Waals surface area contributed by atoms with E-state index in [1.165, 1.54) is 0 Å². The molecule has 0 aliphatic rings. The van der Waals surface area contributed by atoms with Crippen LogP contribution < -0.4 is 14.2 Å². The fourth-order valence-corrected chi connectivity index (χ4v) is 3.86. The van der Waals surface area contributed by atoms with Crippen molar-refractivity contribution in [2.75, 3.05) is 21.3 Å². The lowest BCUT2D eigenvalue weighted by molar-refractivity contribution is 0.324. The molecule has 5 rings (SSSR count). The molecule has 0 amide bonds. The fourth-order valence-electron chi connectivity index (χ4n) is 3.86. The lowest BCUT2D eigenvalue weighted by Gasteiger charge is -2.13. The van der Waals surface area contributed by atoms with Crippen molar-refractivity contribution < 1.29 is 18.6 Å². The zero-order valence-electron chi connectivity index (χ0n) is 19.5. The molecular formula is C29H22N2O4. The number of pyridine rings is 1. The van der Waals surface area contributed by atoms with Gasteiger partial charge in [0.15, 0.2) is 11.5 Å². The van der Waals surface area contributed by atoms with E-state index < -0.39 is 0 Å². The molecule has 2 aromatic heterocycles. The molecule has 0 radical (unpaired) electrons. The van der Waals surface area contributed by atoms with Gasteiger partial charge in [-0.1, -0.05) is 48.4 Å². The van der Waals surface area contributed by atoms with Gasteiger partial charge in [0.1, 0.15) is 11.4 Å². The fraction of sp³-hybridized carbons (Fsp3) is 0.103. The van der Waals surface area contributed by atoms with Crippen molar-refractivity contribution in [1.82, 2.24) is 9.97 Å². The summed E-state index contributed by atoms with van der Waals surface area (Å²) in [5.74, 6) is 8.62. The Kier molecular flexibility index (Phi) is 6.06. The predicted octanol–water partition coefficient (Wildman–Crippen LogP) is 5.98. The lowest BCUT2D eigenvalue weighted by Crippen LogP contribution is -1.96. The topological polar surface area (TPSA) is 66.6 Å². The summed E-state index contributed by atoms with van der Waals surface area (Å²) in [6, 6.07) is 23.3. The zero-order valence-corrected chi connectivity index (χ0v) is 19.5. The van der Waals surface area contributed by atoms with Crippen molar-refractivity contribution in [3.05, 3.63) is 90.3 Å². The maximum atomic E-state index is 6.23. The van der Waals surface area contributed by atoms with Crippen LogP contribution in [-0.4, -0.2) is 31.3 Å². The monoisotopic (exact) mass is 462 g/mol. The number of aromatic nitrogens is 2. The van der Waals surface area contributed by atoms with Gasteiger partial charge in [-0.05, 0) is 41.6 Å². The molecule has 0 bridgehead atoms. The Morgan fingerprint density at radius 3 is 2.17 bits per heavy atom. The number of rotatable bonds is 5. The highest BCUT2D eigenvalue weighted by atomic mass is 16.5. The summed E-state index contributed by atoms with van der Waals surface area (Å²) in [7, 11) is 4.72. The maximum Gasteiger partial charge on any atom is 0.247 e. The minimum atomic E-state index is 0.378. The van der Waals surface area contributed by atoms with Crippen molar-refractivity contribution in [3.63, 3.8) is 0 Å². The largest absolute Gasteiger partial charge is 0.493 e. The number of nitrogens with zero attached hydrogens (tertiary/aromatic N) is 2. The molecule has 172 valence electrons. The van der Waals surface area contributed by atoms with Gasteiger partial charge in [-0.25, -0.2) is 4.98 Å². The summed E-state index contributed by atoms with van der Waals surface area (Å²) in [4.78, 5) is 9.40. The second-order valence-corrected chi connectivity index (χ2v) is 7.61. The molecular weight excluding hydrogens is 440 g/mol. The Morgan fingerprint density at radius 2 is 1.46 bits per heavy atom. The van der Waals surface area contributed by atoms with Gasteiger partial charge < -0.3 is 18.6 Å². The molecule has 3 aromatic carbocycles. The van der Waals surface area contributed by atoms with Crippen molar-refractivity contribution in [1.29, 1.82) is 0 Å². The van der Waals surface area contributed by atoms with Gasteiger partial charge in [0.25, 0.3) is 0 Å².